The van der Waals surface area contributed by atoms with Gasteiger partial charge in [-0.15, -0.1) is 0 Å². The number of ether oxygens (including phenoxy) is 5. The maximum absolute atomic E-state index is 13.3. The molecule has 1 fully saturated rings. The van der Waals surface area contributed by atoms with Crippen LogP contribution in [0.2, 0.25) is 0 Å². The summed E-state index contributed by atoms with van der Waals surface area (Å²) < 4.78 is 41.9. The summed E-state index contributed by atoms with van der Waals surface area (Å²) in [5, 5.41) is 9.68. The third kappa shape index (κ3) is 8.64. The van der Waals surface area contributed by atoms with E-state index in [0.29, 0.717) is 75.1 Å². The van der Waals surface area contributed by atoms with Gasteiger partial charge in [-0.25, -0.2) is 9.18 Å². The topological polar surface area (TPSA) is 107 Å². The zero-order chi connectivity index (χ0) is 31.6. The van der Waals surface area contributed by atoms with Crippen LogP contribution in [0.4, 0.5) is 14.9 Å². The second-order valence-electron chi connectivity index (χ2n) is 11.0. The van der Waals surface area contributed by atoms with Gasteiger partial charge in [-0.3, -0.25) is 4.79 Å². The van der Waals surface area contributed by atoms with Crippen LogP contribution in [-0.2, 0) is 20.9 Å². The minimum Gasteiger partial charge on any atom is -0.493 e. The summed E-state index contributed by atoms with van der Waals surface area (Å²) in [5.41, 5.74) is 2.60. The number of carbonyl (C=O) groups excluding carboxylic acids is 1. The van der Waals surface area contributed by atoms with Gasteiger partial charge in [0.05, 0.1) is 38.2 Å². The van der Waals surface area contributed by atoms with Crippen LogP contribution >= 0.6 is 0 Å². The summed E-state index contributed by atoms with van der Waals surface area (Å²) in [5.74, 6) is 1.39. The molecule has 2 aliphatic heterocycles. The molecule has 2 amide bonds. The van der Waals surface area contributed by atoms with Gasteiger partial charge in [-0.1, -0.05) is 24.3 Å². The molecule has 0 aromatic heterocycles. The third-order valence-corrected chi connectivity index (χ3v) is 7.92. The lowest BCUT2D eigenvalue weighted by Crippen LogP contribution is -2.46. The standard InChI is InChI=1S/C34H39FN2O8/c1-41-16-3-14-37-30-19-24(7-12-31(30)45-23-33(37)38)22-44-32-21-36(34(39)40)15-13-29(32)25-8-10-27(11-9-25)42-17-4-18-43-28-6-2-5-26(35)20-28/h2,5-12,19-20,29,32H,3-4,13-18,21-23H2,1H3,(H,39,40). The Hall–Kier alpha value is -4.35. The first-order chi connectivity index (χ1) is 21.9. The van der Waals surface area contributed by atoms with Crippen LogP contribution in [0.5, 0.6) is 17.2 Å². The monoisotopic (exact) mass is 622 g/mol. The van der Waals surface area contributed by atoms with Crippen molar-refractivity contribution in [2.45, 2.75) is 37.9 Å². The predicted molar refractivity (Wildman–Crippen MR) is 165 cm³/mol. The number of carbonyl (C=O) groups is 2. The molecule has 3 aromatic rings. The number of fused-ring (bicyclic) bond motifs is 1. The number of nitrogens with zero attached hydrogens (tertiary/aromatic N) is 2. The molecule has 0 aliphatic carbocycles. The number of anilines is 1. The fourth-order valence-corrected chi connectivity index (χ4v) is 5.60. The second-order valence-corrected chi connectivity index (χ2v) is 11.0. The number of methoxy groups -OCH3 is 1. The normalized spacial score (nSPS) is 17.9. The smallest absolute Gasteiger partial charge is 0.407 e. The lowest BCUT2D eigenvalue weighted by atomic mass is 9.87. The van der Waals surface area contributed by atoms with E-state index in [1.807, 2.05) is 42.5 Å². The van der Waals surface area contributed by atoms with Crippen molar-refractivity contribution in [2.75, 3.05) is 58.1 Å². The fraction of sp³-hybridized carbons (Fsp3) is 0.412. The summed E-state index contributed by atoms with van der Waals surface area (Å²) in [6.07, 6.45) is 0.618. The number of carboxylic acid groups (broad SMARTS) is 1. The molecule has 1 N–H and O–H groups in total. The molecule has 2 aliphatic rings. The maximum Gasteiger partial charge on any atom is 0.407 e. The Balaban J connectivity index is 1.19. The molecule has 10 nitrogen and oxygen atoms in total. The summed E-state index contributed by atoms with van der Waals surface area (Å²) in [6, 6.07) is 19.5. The molecule has 2 heterocycles. The molecule has 0 spiro atoms. The van der Waals surface area contributed by atoms with Gasteiger partial charge in [-0.2, -0.15) is 0 Å². The van der Waals surface area contributed by atoms with Crippen LogP contribution in [0.3, 0.4) is 0 Å². The Morgan fingerprint density at radius 2 is 1.80 bits per heavy atom. The molecule has 2 atom stereocenters. The molecule has 2 unspecified atom stereocenters. The Bertz CT molecular complexity index is 1440. The summed E-state index contributed by atoms with van der Waals surface area (Å²) >= 11 is 0. The van der Waals surface area contributed by atoms with Crippen molar-refractivity contribution >= 4 is 17.7 Å². The SMILES string of the molecule is COCCCN1C(=O)COc2ccc(COC3CN(C(=O)O)CCC3c3ccc(OCCCOc4cccc(F)c4)cc3)cc21. The lowest BCUT2D eigenvalue weighted by molar-refractivity contribution is -0.121. The van der Waals surface area contributed by atoms with Crippen molar-refractivity contribution in [1.29, 1.82) is 0 Å². The molecule has 45 heavy (non-hydrogen) atoms. The van der Waals surface area contributed by atoms with Crippen LogP contribution in [0.25, 0.3) is 0 Å². The first-order valence-corrected chi connectivity index (χ1v) is 15.2. The number of rotatable bonds is 14. The van der Waals surface area contributed by atoms with Gasteiger partial charge in [0.25, 0.3) is 5.91 Å². The molecule has 0 bridgehead atoms. The summed E-state index contributed by atoms with van der Waals surface area (Å²) in [4.78, 5) is 27.5. The Morgan fingerprint density at radius 3 is 2.56 bits per heavy atom. The zero-order valence-electron chi connectivity index (χ0n) is 25.4. The van der Waals surface area contributed by atoms with E-state index in [1.54, 1.807) is 24.1 Å². The number of halogens is 1. The van der Waals surface area contributed by atoms with E-state index in [0.717, 1.165) is 11.1 Å². The predicted octanol–water partition coefficient (Wildman–Crippen LogP) is 5.49. The maximum atomic E-state index is 13.3. The largest absolute Gasteiger partial charge is 0.493 e. The van der Waals surface area contributed by atoms with Crippen molar-refractivity contribution in [3.05, 3.63) is 83.7 Å². The Labute approximate surface area is 262 Å². The van der Waals surface area contributed by atoms with Gasteiger partial charge < -0.3 is 38.6 Å². The number of benzene rings is 3. The molecule has 0 saturated carbocycles. The minimum absolute atomic E-state index is 0.000577. The Kier molecular flexibility index (Phi) is 11.1. The lowest BCUT2D eigenvalue weighted by Gasteiger charge is -2.37. The highest BCUT2D eigenvalue weighted by atomic mass is 19.1. The van der Waals surface area contributed by atoms with Crippen LogP contribution in [0.15, 0.2) is 66.7 Å². The molecule has 5 rings (SSSR count). The highest BCUT2D eigenvalue weighted by Gasteiger charge is 2.33. The molecule has 1 saturated heterocycles. The molecular formula is C34H39FN2O8. The number of amides is 2. The van der Waals surface area contributed by atoms with Crippen molar-refractivity contribution in [3.63, 3.8) is 0 Å². The van der Waals surface area contributed by atoms with Gasteiger partial charge >= 0.3 is 6.09 Å². The van der Waals surface area contributed by atoms with Crippen LogP contribution in [-0.4, -0.2) is 81.3 Å². The molecule has 11 heteroatoms. The third-order valence-electron chi connectivity index (χ3n) is 7.92. The first kappa shape index (κ1) is 32.1. The van der Waals surface area contributed by atoms with E-state index in [2.05, 4.69) is 0 Å². The van der Waals surface area contributed by atoms with Crippen molar-refractivity contribution in [1.82, 2.24) is 4.90 Å². The van der Waals surface area contributed by atoms with Gasteiger partial charge in [0.2, 0.25) is 0 Å². The van der Waals surface area contributed by atoms with Gasteiger partial charge in [0, 0.05) is 45.2 Å². The number of hydrogen-bond acceptors (Lipinski definition) is 7. The van der Waals surface area contributed by atoms with Crippen LogP contribution in [0, 0.1) is 5.82 Å². The first-order valence-electron chi connectivity index (χ1n) is 15.2. The molecule has 0 radical (unpaired) electrons. The fourth-order valence-electron chi connectivity index (χ4n) is 5.60. The van der Waals surface area contributed by atoms with Crippen molar-refractivity contribution in [2.24, 2.45) is 0 Å². The highest BCUT2D eigenvalue weighted by Crippen LogP contribution is 2.35. The number of piperidine rings is 1. The molecular weight excluding hydrogens is 583 g/mol. The van der Waals surface area contributed by atoms with Crippen LogP contribution < -0.4 is 19.1 Å². The number of likely N-dealkylation sites (tertiary alicyclic amines) is 1. The zero-order valence-corrected chi connectivity index (χ0v) is 25.4. The van der Waals surface area contributed by atoms with E-state index in [4.69, 9.17) is 23.7 Å². The highest BCUT2D eigenvalue weighted by molar-refractivity contribution is 5.97. The number of hydrogen-bond donors (Lipinski definition) is 1. The van der Waals surface area contributed by atoms with E-state index in [1.165, 1.54) is 17.0 Å². The van der Waals surface area contributed by atoms with Crippen molar-refractivity contribution < 1.29 is 42.8 Å². The van der Waals surface area contributed by atoms with Crippen molar-refractivity contribution in [3.8, 4) is 17.2 Å². The van der Waals surface area contributed by atoms with Crippen LogP contribution in [0.1, 0.15) is 36.3 Å². The van der Waals surface area contributed by atoms with Gasteiger partial charge in [0.15, 0.2) is 6.61 Å². The van der Waals surface area contributed by atoms with E-state index in [-0.39, 0.29) is 43.5 Å². The minimum atomic E-state index is -0.969. The average Bonchev–Trinajstić information content (AvgIpc) is 3.05. The van der Waals surface area contributed by atoms with E-state index < -0.39 is 6.09 Å². The van der Waals surface area contributed by atoms with E-state index in [9.17, 15) is 19.1 Å². The summed E-state index contributed by atoms with van der Waals surface area (Å²) in [6.45, 7) is 2.83. The average molecular weight is 623 g/mol. The van der Waals surface area contributed by atoms with Gasteiger partial charge in [0.1, 0.15) is 23.1 Å². The second kappa shape index (κ2) is 15.6. The quantitative estimate of drug-likeness (QED) is 0.236. The van der Waals surface area contributed by atoms with E-state index >= 15 is 0 Å². The molecule has 3 aromatic carbocycles. The van der Waals surface area contributed by atoms with Gasteiger partial charge in [-0.05, 0) is 60.4 Å². The summed E-state index contributed by atoms with van der Waals surface area (Å²) in [7, 11) is 1.63. The molecule has 240 valence electrons. The Morgan fingerprint density at radius 1 is 1.00 bits per heavy atom.